The summed E-state index contributed by atoms with van der Waals surface area (Å²) in [6, 6.07) is 3.21. The van der Waals surface area contributed by atoms with Gasteiger partial charge in [-0.1, -0.05) is 0 Å². The smallest absolute Gasteiger partial charge is 0.179 e. The van der Waals surface area contributed by atoms with Crippen molar-refractivity contribution in [1.29, 1.82) is 0 Å². The Labute approximate surface area is 106 Å². The predicted octanol–water partition coefficient (Wildman–Crippen LogP) is 2.53. The average molecular weight is 339 g/mol. The van der Waals surface area contributed by atoms with E-state index in [1.807, 2.05) is 22.6 Å². The number of methoxy groups -OCH3 is 1. The van der Waals surface area contributed by atoms with Gasteiger partial charge in [-0.05, 0) is 34.7 Å². The number of Topliss-reactive ketones (excluding diaryl/α,β-unsaturated/α-hetero) is 1. The number of ketones is 1. The molecule has 0 aliphatic heterocycles. The molecule has 0 aliphatic carbocycles. The lowest BCUT2D eigenvalue weighted by atomic mass is 10.1. The monoisotopic (exact) mass is 338 g/mol. The molecule has 0 aliphatic rings. The van der Waals surface area contributed by atoms with Crippen LogP contribution in [0.4, 0.5) is 0 Å². The molecule has 80 valence electrons. The predicted molar refractivity (Wildman–Crippen MR) is 66.1 cm³/mol. The van der Waals surface area contributed by atoms with Crippen molar-refractivity contribution in [3.63, 3.8) is 0 Å². The Hall–Kier alpha value is -0.620. The molecule has 0 saturated heterocycles. The Morgan fingerprint density at radius 2 is 2.27 bits per heavy atom. The number of carbonyl (C=O) groups excluding carboxylic acids is 2. The lowest BCUT2D eigenvalue weighted by molar-refractivity contribution is 0.101. The van der Waals surface area contributed by atoms with Crippen molar-refractivity contribution in [2.24, 2.45) is 0 Å². The van der Waals surface area contributed by atoms with Gasteiger partial charge in [0.15, 0.2) is 12.1 Å². The second-order valence-electron chi connectivity index (χ2n) is 2.75. The van der Waals surface area contributed by atoms with Gasteiger partial charge in [0.1, 0.15) is 5.75 Å². The average Bonchev–Trinajstić information content (AvgIpc) is 2.26. The minimum atomic E-state index is -0.259. The van der Waals surface area contributed by atoms with Gasteiger partial charge in [-0.2, -0.15) is 0 Å². The Balaban J connectivity index is 3.37. The second kappa shape index (κ2) is 5.46. The third-order valence-electron chi connectivity index (χ3n) is 1.86. The molecular weight excluding hydrogens is 330 g/mol. The molecule has 0 amide bonds. The number of rotatable bonds is 4. The maximum Gasteiger partial charge on any atom is 0.179 e. The summed E-state index contributed by atoms with van der Waals surface area (Å²) in [6.45, 7) is 0. The molecule has 0 aromatic heterocycles. The Kier molecular flexibility index (Phi) is 4.53. The standard InChI is InChI=1S/C10H8ClIO3/c1-15-7-2-6(5-13)10(8(12)3-7)9(14)4-11/h2-3,5H,4H2,1H3. The van der Waals surface area contributed by atoms with E-state index in [-0.39, 0.29) is 11.7 Å². The summed E-state index contributed by atoms with van der Waals surface area (Å²) in [7, 11) is 1.50. The number of carbonyl (C=O) groups is 2. The first kappa shape index (κ1) is 12.4. The molecule has 0 saturated carbocycles. The van der Waals surface area contributed by atoms with E-state index in [0.717, 1.165) is 0 Å². The SMILES string of the molecule is COc1cc(I)c(C(=O)CCl)c(C=O)c1. The van der Waals surface area contributed by atoms with Gasteiger partial charge in [0, 0.05) is 14.7 Å². The van der Waals surface area contributed by atoms with Crippen LogP contribution in [0.25, 0.3) is 0 Å². The third kappa shape index (κ3) is 2.69. The van der Waals surface area contributed by atoms with Crippen molar-refractivity contribution in [3.05, 3.63) is 26.8 Å². The van der Waals surface area contributed by atoms with Crippen molar-refractivity contribution in [2.45, 2.75) is 0 Å². The molecule has 0 atom stereocenters. The summed E-state index contributed by atoms with van der Waals surface area (Å²) in [5.41, 5.74) is 0.672. The van der Waals surface area contributed by atoms with Gasteiger partial charge in [-0.15, -0.1) is 11.6 Å². The van der Waals surface area contributed by atoms with Gasteiger partial charge >= 0.3 is 0 Å². The quantitative estimate of drug-likeness (QED) is 0.367. The molecule has 1 aromatic carbocycles. The molecule has 0 radical (unpaired) electrons. The van der Waals surface area contributed by atoms with Crippen molar-refractivity contribution in [2.75, 3.05) is 13.0 Å². The molecule has 0 N–H and O–H groups in total. The maximum absolute atomic E-state index is 11.5. The van der Waals surface area contributed by atoms with Gasteiger partial charge < -0.3 is 4.74 Å². The number of ether oxygens (including phenoxy) is 1. The van der Waals surface area contributed by atoms with Crippen molar-refractivity contribution < 1.29 is 14.3 Å². The van der Waals surface area contributed by atoms with Crippen LogP contribution in [-0.2, 0) is 0 Å². The van der Waals surface area contributed by atoms with E-state index in [9.17, 15) is 9.59 Å². The summed E-state index contributed by atoms with van der Waals surface area (Å²) >= 11 is 7.44. The number of aldehydes is 1. The first-order chi connectivity index (χ1) is 7.13. The summed E-state index contributed by atoms with van der Waals surface area (Å²) < 4.78 is 5.66. The minimum absolute atomic E-state index is 0.136. The first-order valence-corrected chi connectivity index (χ1v) is 5.67. The summed E-state index contributed by atoms with van der Waals surface area (Å²) in [5, 5.41) is 0. The van der Waals surface area contributed by atoms with Gasteiger partial charge in [0.25, 0.3) is 0 Å². The van der Waals surface area contributed by atoms with Crippen LogP contribution < -0.4 is 4.74 Å². The van der Waals surface area contributed by atoms with Crippen molar-refractivity contribution >= 4 is 46.3 Å². The van der Waals surface area contributed by atoms with Crippen LogP contribution in [0, 0.1) is 3.57 Å². The fourth-order valence-electron chi connectivity index (χ4n) is 1.17. The van der Waals surface area contributed by atoms with Crippen LogP contribution in [0.5, 0.6) is 5.75 Å². The number of benzene rings is 1. The first-order valence-electron chi connectivity index (χ1n) is 4.06. The van der Waals surface area contributed by atoms with E-state index >= 15 is 0 Å². The summed E-state index contributed by atoms with van der Waals surface area (Å²) in [4.78, 5) is 22.3. The molecule has 1 rings (SSSR count). The van der Waals surface area contributed by atoms with E-state index in [1.54, 1.807) is 6.07 Å². The van der Waals surface area contributed by atoms with Crippen LogP contribution >= 0.6 is 34.2 Å². The van der Waals surface area contributed by atoms with Gasteiger partial charge in [0.05, 0.1) is 13.0 Å². The number of hydrogen-bond donors (Lipinski definition) is 0. The van der Waals surface area contributed by atoms with Gasteiger partial charge in [-0.3, -0.25) is 9.59 Å². The number of alkyl halides is 1. The van der Waals surface area contributed by atoms with Crippen molar-refractivity contribution in [1.82, 2.24) is 0 Å². The molecule has 0 bridgehead atoms. The molecule has 0 fully saturated rings. The van der Waals surface area contributed by atoms with Gasteiger partial charge in [-0.25, -0.2) is 0 Å². The zero-order chi connectivity index (χ0) is 11.4. The third-order valence-corrected chi connectivity index (χ3v) is 2.95. The Morgan fingerprint density at radius 3 is 2.73 bits per heavy atom. The van der Waals surface area contributed by atoms with Crippen LogP contribution in [-0.4, -0.2) is 25.1 Å². The van der Waals surface area contributed by atoms with Crippen LogP contribution in [0.1, 0.15) is 20.7 Å². The highest BCUT2D eigenvalue weighted by atomic mass is 127. The van der Waals surface area contributed by atoms with E-state index in [0.29, 0.717) is 26.7 Å². The van der Waals surface area contributed by atoms with Crippen LogP contribution in [0.3, 0.4) is 0 Å². The highest BCUT2D eigenvalue weighted by molar-refractivity contribution is 14.1. The van der Waals surface area contributed by atoms with E-state index in [2.05, 4.69) is 0 Å². The van der Waals surface area contributed by atoms with E-state index < -0.39 is 0 Å². The van der Waals surface area contributed by atoms with Crippen molar-refractivity contribution in [3.8, 4) is 5.75 Å². The largest absolute Gasteiger partial charge is 0.497 e. The second-order valence-corrected chi connectivity index (χ2v) is 4.18. The molecule has 0 spiro atoms. The van der Waals surface area contributed by atoms with E-state index in [4.69, 9.17) is 16.3 Å². The van der Waals surface area contributed by atoms with Crippen LogP contribution in [0.2, 0.25) is 0 Å². The summed E-state index contributed by atoms with van der Waals surface area (Å²) in [6.07, 6.45) is 0.629. The molecule has 3 nitrogen and oxygen atoms in total. The molecule has 1 aromatic rings. The molecule has 0 unspecified atom stereocenters. The molecule has 0 heterocycles. The highest BCUT2D eigenvalue weighted by Crippen LogP contribution is 2.24. The highest BCUT2D eigenvalue weighted by Gasteiger charge is 2.15. The zero-order valence-corrected chi connectivity index (χ0v) is 10.8. The number of hydrogen-bond acceptors (Lipinski definition) is 3. The van der Waals surface area contributed by atoms with Gasteiger partial charge in [0.2, 0.25) is 0 Å². The lowest BCUT2D eigenvalue weighted by Crippen LogP contribution is -2.08. The maximum atomic E-state index is 11.5. The lowest BCUT2D eigenvalue weighted by Gasteiger charge is -2.07. The Bertz CT molecular complexity index is 404. The fraction of sp³-hybridized carbons (Fsp3) is 0.200. The van der Waals surface area contributed by atoms with E-state index in [1.165, 1.54) is 13.2 Å². The minimum Gasteiger partial charge on any atom is -0.497 e. The Morgan fingerprint density at radius 1 is 1.60 bits per heavy atom. The topological polar surface area (TPSA) is 43.4 Å². The van der Waals surface area contributed by atoms with Crippen LogP contribution in [0.15, 0.2) is 12.1 Å². The molecular formula is C10H8ClIO3. The zero-order valence-electron chi connectivity index (χ0n) is 7.92. The molecule has 15 heavy (non-hydrogen) atoms. The summed E-state index contributed by atoms with van der Waals surface area (Å²) in [5.74, 6) is 0.154. The normalized spacial score (nSPS) is 9.80. The number of halogens is 2. The fourth-order valence-corrected chi connectivity index (χ4v) is 2.23. The molecule has 5 heteroatoms.